The van der Waals surface area contributed by atoms with Gasteiger partial charge >= 0.3 is 0 Å². The van der Waals surface area contributed by atoms with Gasteiger partial charge < -0.3 is 9.80 Å². The zero-order valence-corrected chi connectivity index (χ0v) is 35.5. The van der Waals surface area contributed by atoms with Crippen LogP contribution in [0, 0.1) is 11.8 Å². The third-order valence-corrected chi connectivity index (χ3v) is 13.4. The average molecular weight is 837 g/mol. The molecule has 62 heavy (non-hydrogen) atoms. The van der Waals surface area contributed by atoms with Crippen LogP contribution in [0.4, 0.5) is 0 Å². The fourth-order valence-electron chi connectivity index (χ4n) is 9.53. The molecule has 4 aliphatic rings. The minimum Gasteiger partial charge on any atom is -0.301 e. The lowest BCUT2D eigenvalue weighted by Gasteiger charge is -2.18. The second-order valence-electron chi connectivity index (χ2n) is 17.8. The Balaban J connectivity index is 0.000000181. The van der Waals surface area contributed by atoms with Crippen molar-refractivity contribution in [2.45, 2.75) is 106 Å². The molecule has 2 aliphatic heterocycles. The van der Waals surface area contributed by atoms with E-state index in [1.165, 1.54) is 75.9 Å². The van der Waals surface area contributed by atoms with Gasteiger partial charge in [-0.3, -0.25) is 28.1 Å². The number of nitrogens with zero attached hydrogens (tertiary/aromatic N) is 8. The number of rotatable bonds is 10. The number of pyridine rings is 2. The number of hydrogen-bond donors (Lipinski definition) is 0. The molecule has 4 aromatic heterocycles. The molecule has 10 nitrogen and oxygen atoms in total. The van der Waals surface area contributed by atoms with Gasteiger partial charge in [0.2, 0.25) is 0 Å². The Hall–Kier alpha value is -5.32. The molecule has 10 heteroatoms. The van der Waals surface area contributed by atoms with Crippen molar-refractivity contribution in [3.05, 3.63) is 129 Å². The molecule has 2 aliphatic carbocycles. The van der Waals surface area contributed by atoms with Crippen LogP contribution in [0.2, 0.25) is 0 Å². The Labute approximate surface area is 368 Å². The maximum atomic E-state index is 12.8. The summed E-state index contributed by atoms with van der Waals surface area (Å²) < 4.78 is 7.63. The van der Waals surface area contributed by atoms with Gasteiger partial charge in [-0.15, -0.1) is 0 Å². The van der Waals surface area contributed by atoms with Gasteiger partial charge in [0.05, 0.1) is 36.5 Å². The molecular formula is C52H68N8O2. The van der Waals surface area contributed by atoms with E-state index in [1.807, 2.05) is 36.9 Å². The molecule has 2 unspecified atom stereocenters. The number of benzene rings is 2. The summed E-state index contributed by atoms with van der Waals surface area (Å²) in [6.45, 7) is 13.3. The van der Waals surface area contributed by atoms with Gasteiger partial charge in [0.25, 0.3) is 11.1 Å². The van der Waals surface area contributed by atoms with E-state index in [0.29, 0.717) is 0 Å². The van der Waals surface area contributed by atoms with E-state index in [1.54, 1.807) is 21.3 Å². The lowest BCUT2D eigenvalue weighted by molar-refractivity contribution is 0.318. The average Bonchev–Trinajstić information content (AvgIpc) is 4.11. The molecule has 2 atom stereocenters. The molecule has 6 heterocycles. The second kappa shape index (κ2) is 20.2. The van der Waals surface area contributed by atoms with Crippen LogP contribution >= 0.6 is 0 Å². The number of hydrogen-bond acceptors (Lipinski definition) is 6. The summed E-state index contributed by atoms with van der Waals surface area (Å²) in [4.78, 5) is 30.7. The normalized spacial score (nSPS) is 19.4. The summed E-state index contributed by atoms with van der Waals surface area (Å²) in [7, 11) is 0. The number of likely N-dealkylation sites (tertiary alicyclic amines) is 2. The lowest BCUT2D eigenvalue weighted by Crippen LogP contribution is -2.24. The Morgan fingerprint density at radius 1 is 0.548 bits per heavy atom. The molecule has 2 saturated heterocycles. The fourth-order valence-corrected chi connectivity index (χ4v) is 9.53. The van der Waals surface area contributed by atoms with Crippen LogP contribution in [0.5, 0.6) is 0 Å². The first-order valence-corrected chi connectivity index (χ1v) is 22.6. The van der Waals surface area contributed by atoms with E-state index < -0.39 is 0 Å². The second-order valence-corrected chi connectivity index (χ2v) is 17.8. The number of allylic oxidation sites excluding steroid dienone is 4. The lowest BCUT2D eigenvalue weighted by atomic mass is 9.88. The van der Waals surface area contributed by atoms with E-state index in [-0.39, 0.29) is 26.0 Å². The molecule has 0 saturated carbocycles. The Morgan fingerprint density at radius 2 is 0.968 bits per heavy atom. The zero-order valence-electron chi connectivity index (χ0n) is 35.5. The highest BCUT2D eigenvalue weighted by Gasteiger charge is 2.17. The topological polar surface area (TPSA) is 86.1 Å². The maximum Gasteiger partial charge on any atom is 0.255 e. The van der Waals surface area contributed by atoms with Crippen LogP contribution < -0.4 is 11.1 Å². The van der Waals surface area contributed by atoms with Crippen molar-refractivity contribution in [2.24, 2.45) is 11.8 Å². The molecule has 6 aromatic rings. The van der Waals surface area contributed by atoms with Gasteiger partial charge in [-0.05, 0) is 173 Å². The first kappa shape index (κ1) is 44.7. The highest BCUT2D eigenvalue weighted by molar-refractivity contribution is 5.82. The molecule has 0 spiro atoms. The number of aromatic nitrogens is 6. The molecule has 0 N–H and O–H groups in total. The fraction of sp³-hybridized carbons (Fsp3) is 0.462. The van der Waals surface area contributed by atoms with Gasteiger partial charge in [0.1, 0.15) is 0 Å². The van der Waals surface area contributed by atoms with E-state index in [0.717, 1.165) is 108 Å². The number of fused-ring (bicyclic) bond motifs is 2. The molecule has 0 radical (unpaired) electrons. The minimum atomic E-state index is 0. The van der Waals surface area contributed by atoms with E-state index in [9.17, 15) is 9.59 Å². The Morgan fingerprint density at radius 3 is 1.34 bits per heavy atom. The van der Waals surface area contributed by atoms with Gasteiger partial charge in [-0.25, -0.2) is 0 Å². The minimum absolute atomic E-state index is 0. The highest BCUT2D eigenvalue weighted by Crippen LogP contribution is 2.31. The molecular weight excluding hydrogens is 769 g/mol. The molecule has 2 aromatic carbocycles. The van der Waals surface area contributed by atoms with Crippen molar-refractivity contribution in [3.8, 4) is 11.4 Å². The van der Waals surface area contributed by atoms with Gasteiger partial charge in [0.15, 0.2) is 0 Å². The molecule has 0 amide bonds. The van der Waals surface area contributed by atoms with E-state index in [2.05, 4.69) is 91.8 Å². The van der Waals surface area contributed by atoms with E-state index in [4.69, 9.17) is 0 Å². The van der Waals surface area contributed by atoms with Crippen LogP contribution in [0.15, 0.2) is 107 Å². The molecule has 10 rings (SSSR count). The van der Waals surface area contributed by atoms with Gasteiger partial charge in [0, 0.05) is 59.8 Å². The first-order chi connectivity index (χ1) is 29.3. The summed E-state index contributed by atoms with van der Waals surface area (Å²) in [5.74, 6) is 1.49. The quantitative estimate of drug-likeness (QED) is 0.137. The smallest absolute Gasteiger partial charge is 0.255 e. The summed E-state index contributed by atoms with van der Waals surface area (Å²) >= 11 is 0. The largest absolute Gasteiger partial charge is 0.301 e. The molecule has 0 bridgehead atoms. The van der Waals surface area contributed by atoms with Crippen molar-refractivity contribution in [3.63, 3.8) is 0 Å². The van der Waals surface area contributed by atoms with Crippen molar-refractivity contribution in [2.75, 3.05) is 39.3 Å². The van der Waals surface area contributed by atoms with Gasteiger partial charge in [-0.1, -0.05) is 40.9 Å². The third kappa shape index (κ3) is 10.1. The van der Waals surface area contributed by atoms with Crippen LogP contribution in [-0.2, 0) is 13.1 Å². The monoisotopic (exact) mass is 837 g/mol. The first-order valence-electron chi connectivity index (χ1n) is 22.6. The van der Waals surface area contributed by atoms with Crippen LogP contribution in [-0.4, -0.2) is 77.8 Å². The van der Waals surface area contributed by atoms with Gasteiger partial charge in [-0.2, -0.15) is 10.2 Å². The summed E-state index contributed by atoms with van der Waals surface area (Å²) in [5.41, 5.74) is 8.85. The summed E-state index contributed by atoms with van der Waals surface area (Å²) in [6.07, 6.45) is 24.2. The van der Waals surface area contributed by atoms with Crippen molar-refractivity contribution in [1.29, 1.82) is 0 Å². The zero-order chi connectivity index (χ0) is 41.0. The van der Waals surface area contributed by atoms with Crippen molar-refractivity contribution >= 4 is 33.0 Å². The van der Waals surface area contributed by atoms with Crippen LogP contribution in [0.3, 0.4) is 0 Å². The standard InChI is InChI=1S/2C25H30N4O.2CH4/c2*1-19-4-6-20(7-5-19)21-10-13-28(25(30)17-21)23-8-9-24-22(16-23)18-26-29(24)15-14-27-11-2-3-12-27;;/h2*6,8-10,13,16-19H,2-5,7,11-12,14-15H2,1H3;2*1H4. The highest BCUT2D eigenvalue weighted by atomic mass is 16.1. The molecule has 328 valence electrons. The Kier molecular flexibility index (Phi) is 14.6. The summed E-state index contributed by atoms with van der Waals surface area (Å²) in [5, 5.41) is 11.3. The van der Waals surface area contributed by atoms with Crippen molar-refractivity contribution < 1.29 is 0 Å². The predicted molar refractivity (Wildman–Crippen MR) is 257 cm³/mol. The maximum absolute atomic E-state index is 12.8. The van der Waals surface area contributed by atoms with Crippen LogP contribution in [0.25, 0.3) is 44.3 Å². The Bertz CT molecular complexity index is 2450. The predicted octanol–water partition coefficient (Wildman–Crippen LogP) is 10.2. The van der Waals surface area contributed by atoms with Crippen molar-refractivity contribution in [1.82, 2.24) is 38.5 Å². The molecule has 2 fully saturated rings. The summed E-state index contributed by atoms with van der Waals surface area (Å²) in [6, 6.07) is 20.1. The SMILES string of the molecule is C.C.CC1CC=C(c2ccn(-c3ccc4c(cnn4CCN4CCCC4)c3)c(=O)c2)CC1.CC1CC=C(c2ccn(-c3ccc4c(cnn4CCN4CCCC4)c3)c(=O)c2)CC1. The van der Waals surface area contributed by atoms with Crippen LogP contribution in [0.1, 0.15) is 104 Å². The van der Waals surface area contributed by atoms with E-state index >= 15 is 0 Å². The third-order valence-electron chi connectivity index (χ3n) is 13.4.